The number of aliphatic carboxylic acids is 1. The van der Waals surface area contributed by atoms with E-state index in [1.165, 1.54) is 12.1 Å². The Bertz CT molecular complexity index is 558. The second-order valence-electron chi connectivity index (χ2n) is 5.63. The van der Waals surface area contributed by atoms with Crippen LogP contribution in [0.15, 0.2) is 18.2 Å². The molecule has 1 aliphatic rings. The van der Waals surface area contributed by atoms with Crippen LogP contribution in [0.5, 0.6) is 0 Å². The minimum absolute atomic E-state index is 0.269. The van der Waals surface area contributed by atoms with Crippen LogP contribution in [0.25, 0.3) is 0 Å². The Kier molecular flexibility index (Phi) is 5.40. The predicted molar refractivity (Wildman–Crippen MR) is 81.3 cm³/mol. The molecule has 1 fully saturated rings. The fourth-order valence-electron chi connectivity index (χ4n) is 2.61. The zero-order valence-electron chi connectivity index (χ0n) is 12.3. The Morgan fingerprint density at radius 3 is 2.82 bits per heavy atom. The molecule has 1 amide bonds. The lowest BCUT2D eigenvalue weighted by Crippen LogP contribution is -2.41. The largest absolute Gasteiger partial charge is 0.480 e. The number of amides is 1. The highest BCUT2D eigenvalue weighted by Gasteiger charge is 2.46. The van der Waals surface area contributed by atoms with Crippen LogP contribution < -0.4 is 5.32 Å². The Balaban J connectivity index is 1.99. The number of carbonyl (C=O) groups excluding carboxylic acids is 1. The van der Waals surface area contributed by atoms with E-state index in [4.69, 9.17) is 16.7 Å². The molecule has 2 rings (SSSR count). The highest BCUT2D eigenvalue weighted by Crippen LogP contribution is 2.50. The Hall–Kier alpha value is -1.62. The maximum Gasteiger partial charge on any atom is 0.326 e. The maximum atomic E-state index is 13.8. The van der Waals surface area contributed by atoms with Gasteiger partial charge in [-0.3, -0.25) is 4.79 Å². The molecule has 6 heteroatoms. The number of unbranched alkanes of at least 4 members (excludes halogenated alkanes) is 1. The number of hydrogen-bond donors (Lipinski definition) is 2. The molecule has 22 heavy (non-hydrogen) atoms. The lowest BCUT2D eigenvalue weighted by molar-refractivity contribution is -0.142. The highest BCUT2D eigenvalue weighted by atomic mass is 35.5. The third-order valence-electron chi connectivity index (χ3n) is 3.96. The van der Waals surface area contributed by atoms with E-state index in [9.17, 15) is 14.0 Å². The first-order valence-corrected chi connectivity index (χ1v) is 7.80. The van der Waals surface area contributed by atoms with Gasteiger partial charge < -0.3 is 10.4 Å². The number of benzene rings is 1. The highest BCUT2D eigenvalue weighted by molar-refractivity contribution is 6.31. The third-order valence-corrected chi connectivity index (χ3v) is 4.29. The van der Waals surface area contributed by atoms with Gasteiger partial charge in [0.2, 0.25) is 5.91 Å². The molecule has 0 radical (unpaired) electrons. The van der Waals surface area contributed by atoms with Crippen LogP contribution in [-0.4, -0.2) is 23.0 Å². The van der Waals surface area contributed by atoms with Crippen molar-refractivity contribution >= 4 is 23.5 Å². The lowest BCUT2D eigenvalue weighted by atomic mass is 10.1. The van der Waals surface area contributed by atoms with Crippen LogP contribution in [0, 0.1) is 11.7 Å². The van der Waals surface area contributed by atoms with Gasteiger partial charge in [-0.05, 0) is 25.0 Å². The van der Waals surface area contributed by atoms with Crippen LogP contribution in [0.4, 0.5) is 4.39 Å². The Morgan fingerprint density at radius 1 is 1.50 bits per heavy atom. The van der Waals surface area contributed by atoms with Crippen molar-refractivity contribution in [1.29, 1.82) is 0 Å². The van der Waals surface area contributed by atoms with Crippen LogP contribution in [0.3, 0.4) is 0 Å². The number of halogens is 2. The van der Waals surface area contributed by atoms with Gasteiger partial charge in [-0.25, -0.2) is 9.18 Å². The van der Waals surface area contributed by atoms with Crippen molar-refractivity contribution in [1.82, 2.24) is 5.32 Å². The number of hydrogen-bond acceptors (Lipinski definition) is 2. The van der Waals surface area contributed by atoms with E-state index in [1.807, 2.05) is 6.92 Å². The molecule has 0 saturated heterocycles. The van der Waals surface area contributed by atoms with E-state index in [0.717, 1.165) is 12.8 Å². The molecule has 1 aromatic carbocycles. The molecule has 0 spiro atoms. The molecule has 4 nitrogen and oxygen atoms in total. The summed E-state index contributed by atoms with van der Waals surface area (Å²) in [4.78, 5) is 23.3. The van der Waals surface area contributed by atoms with Crippen molar-refractivity contribution < 1.29 is 19.1 Å². The molecule has 2 N–H and O–H groups in total. The average molecular weight is 328 g/mol. The quantitative estimate of drug-likeness (QED) is 0.807. The maximum absolute atomic E-state index is 13.8. The summed E-state index contributed by atoms with van der Waals surface area (Å²) in [7, 11) is 0. The summed E-state index contributed by atoms with van der Waals surface area (Å²) in [5.74, 6) is -2.48. The number of rotatable bonds is 7. The van der Waals surface area contributed by atoms with Crippen molar-refractivity contribution in [2.75, 3.05) is 0 Å². The van der Waals surface area contributed by atoms with Crippen molar-refractivity contribution in [2.45, 2.75) is 44.6 Å². The zero-order chi connectivity index (χ0) is 16.3. The van der Waals surface area contributed by atoms with Crippen LogP contribution in [0.2, 0.25) is 5.02 Å². The molecule has 0 aliphatic heterocycles. The van der Waals surface area contributed by atoms with E-state index < -0.39 is 23.7 Å². The standard InChI is InChI=1S/C16H19ClFNO3/c1-2-3-7-13(16(21)22)19-15(20)10-8-9(10)14-11(17)5-4-6-12(14)18/h4-6,9-10,13H,2-3,7-8H2,1H3,(H,19,20)(H,21,22)/t9?,10?,13-/m0/s1. The minimum atomic E-state index is -1.04. The van der Waals surface area contributed by atoms with Gasteiger partial charge in [-0.15, -0.1) is 0 Å². The van der Waals surface area contributed by atoms with E-state index in [-0.39, 0.29) is 11.8 Å². The normalized spacial score (nSPS) is 21.2. The number of carboxylic acid groups (broad SMARTS) is 1. The smallest absolute Gasteiger partial charge is 0.326 e. The van der Waals surface area contributed by atoms with Gasteiger partial charge in [0, 0.05) is 22.4 Å². The van der Waals surface area contributed by atoms with Gasteiger partial charge in [-0.2, -0.15) is 0 Å². The third kappa shape index (κ3) is 3.77. The summed E-state index contributed by atoms with van der Waals surface area (Å²) in [6, 6.07) is 3.54. The number of carboxylic acids is 1. The van der Waals surface area contributed by atoms with Crippen LogP contribution in [-0.2, 0) is 9.59 Å². The fourth-order valence-corrected chi connectivity index (χ4v) is 2.92. The molecule has 120 valence electrons. The summed E-state index contributed by atoms with van der Waals surface area (Å²) < 4.78 is 13.8. The molecule has 2 unspecified atom stereocenters. The second kappa shape index (κ2) is 7.09. The minimum Gasteiger partial charge on any atom is -0.480 e. The molecular formula is C16H19ClFNO3. The summed E-state index contributed by atoms with van der Waals surface area (Å²) in [6.07, 6.45) is 2.48. The SMILES string of the molecule is CCCC[C@H](NC(=O)C1CC1c1c(F)cccc1Cl)C(=O)O. The fraction of sp³-hybridized carbons (Fsp3) is 0.500. The van der Waals surface area contributed by atoms with Gasteiger partial charge in [-0.1, -0.05) is 37.4 Å². The molecule has 0 heterocycles. The molecule has 0 bridgehead atoms. The van der Waals surface area contributed by atoms with Gasteiger partial charge in [0.15, 0.2) is 0 Å². The molecule has 0 aromatic heterocycles. The molecule has 1 aromatic rings. The summed E-state index contributed by atoms with van der Waals surface area (Å²) in [5, 5.41) is 12.0. The second-order valence-corrected chi connectivity index (χ2v) is 6.03. The van der Waals surface area contributed by atoms with Gasteiger partial charge in [0.25, 0.3) is 0 Å². The molecular weight excluding hydrogens is 309 g/mol. The summed E-state index contributed by atoms with van der Waals surface area (Å²) in [5.41, 5.74) is 0.352. The van der Waals surface area contributed by atoms with Crippen LogP contribution in [0.1, 0.15) is 44.1 Å². The van der Waals surface area contributed by atoms with Crippen molar-refractivity contribution in [3.63, 3.8) is 0 Å². The number of carbonyl (C=O) groups is 2. The van der Waals surface area contributed by atoms with E-state index >= 15 is 0 Å². The van der Waals surface area contributed by atoms with Crippen molar-refractivity contribution in [2.24, 2.45) is 5.92 Å². The number of nitrogens with one attached hydrogen (secondary N) is 1. The Labute approximate surface area is 133 Å². The first-order chi connectivity index (χ1) is 10.5. The molecule has 1 aliphatic carbocycles. The van der Waals surface area contributed by atoms with E-state index in [1.54, 1.807) is 6.07 Å². The molecule has 3 atom stereocenters. The van der Waals surface area contributed by atoms with E-state index in [2.05, 4.69) is 5.32 Å². The zero-order valence-corrected chi connectivity index (χ0v) is 13.1. The monoisotopic (exact) mass is 327 g/mol. The topological polar surface area (TPSA) is 66.4 Å². The lowest BCUT2D eigenvalue weighted by Gasteiger charge is -2.14. The first kappa shape index (κ1) is 16.7. The summed E-state index contributed by atoms with van der Waals surface area (Å²) >= 11 is 5.99. The van der Waals surface area contributed by atoms with Crippen molar-refractivity contribution in [3.05, 3.63) is 34.6 Å². The van der Waals surface area contributed by atoms with Gasteiger partial charge >= 0.3 is 5.97 Å². The summed E-state index contributed by atoms with van der Waals surface area (Å²) in [6.45, 7) is 1.96. The van der Waals surface area contributed by atoms with Gasteiger partial charge in [0.1, 0.15) is 11.9 Å². The first-order valence-electron chi connectivity index (χ1n) is 7.42. The average Bonchev–Trinajstić information content (AvgIpc) is 3.23. The Morgan fingerprint density at radius 2 is 2.23 bits per heavy atom. The van der Waals surface area contributed by atoms with Gasteiger partial charge in [0.05, 0.1) is 0 Å². The molecule has 1 saturated carbocycles. The van der Waals surface area contributed by atoms with E-state index in [0.29, 0.717) is 23.4 Å². The van der Waals surface area contributed by atoms with Crippen molar-refractivity contribution in [3.8, 4) is 0 Å². The predicted octanol–water partition coefficient (Wildman–Crippen LogP) is 3.34. The van der Waals surface area contributed by atoms with Crippen LogP contribution >= 0.6 is 11.6 Å².